The molecule has 2 aliphatic rings. The van der Waals surface area contributed by atoms with E-state index in [2.05, 4.69) is 30.7 Å². The minimum Gasteiger partial charge on any atom is -0.0755 e. The van der Waals surface area contributed by atoms with Crippen LogP contribution in [-0.2, 0) is 12.8 Å². The summed E-state index contributed by atoms with van der Waals surface area (Å²) in [6.45, 7) is 0. The van der Waals surface area contributed by atoms with E-state index in [9.17, 15) is 0 Å². The van der Waals surface area contributed by atoms with E-state index in [-0.39, 0.29) is 0 Å². The fourth-order valence-electron chi connectivity index (χ4n) is 2.72. The largest absolute Gasteiger partial charge is 0.0755 e. The van der Waals surface area contributed by atoms with Gasteiger partial charge in [0.05, 0.1) is 0 Å². The molecule has 3 rings (SSSR count). The van der Waals surface area contributed by atoms with Crippen LogP contribution in [0.2, 0.25) is 0 Å². The highest BCUT2D eigenvalue weighted by Gasteiger charge is 2.12. The Balaban J connectivity index is 2.01. The zero-order valence-corrected chi connectivity index (χ0v) is 9.13. The van der Waals surface area contributed by atoms with Crippen molar-refractivity contribution in [3.05, 3.63) is 46.9 Å². The Labute approximate surface area is 92.0 Å². The first-order chi connectivity index (χ1) is 7.43. The Morgan fingerprint density at radius 2 is 1.40 bits per heavy atom. The summed E-state index contributed by atoms with van der Waals surface area (Å²) < 4.78 is 0. The van der Waals surface area contributed by atoms with Gasteiger partial charge in [-0.05, 0) is 47.9 Å². The van der Waals surface area contributed by atoms with Crippen LogP contribution in [0.25, 0.3) is 6.08 Å². The van der Waals surface area contributed by atoms with Gasteiger partial charge in [-0.3, -0.25) is 0 Å². The van der Waals surface area contributed by atoms with E-state index in [1.807, 2.05) is 0 Å². The van der Waals surface area contributed by atoms with Gasteiger partial charge in [0.15, 0.2) is 0 Å². The summed E-state index contributed by atoms with van der Waals surface area (Å²) in [6.07, 6.45) is 14.8. The standard InChI is InChI=1S/C15H17/c1-2-4-7-13-11-15-9-5-8-14(15)10-12(13)6-3-1/h5,8-11H,1-4,6-7H2. The molecule has 1 aromatic rings. The second-order valence-electron chi connectivity index (χ2n) is 4.69. The molecular formula is C15H17. The second-order valence-corrected chi connectivity index (χ2v) is 4.69. The van der Waals surface area contributed by atoms with E-state index in [1.165, 1.54) is 49.7 Å². The molecular weight excluding hydrogens is 180 g/mol. The molecule has 0 saturated carbocycles. The first-order valence-electron chi connectivity index (χ1n) is 6.11. The fourth-order valence-corrected chi connectivity index (χ4v) is 2.72. The van der Waals surface area contributed by atoms with Gasteiger partial charge >= 0.3 is 0 Å². The van der Waals surface area contributed by atoms with Crippen LogP contribution < -0.4 is 0 Å². The third-order valence-electron chi connectivity index (χ3n) is 3.60. The molecule has 0 atom stereocenters. The van der Waals surface area contributed by atoms with Crippen LogP contribution in [0.1, 0.15) is 47.9 Å². The molecule has 2 aliphatic carbocycles. The molecule has 0 nitrogen and oxygen atoms in total. The molecule has 77 valence electrons. The predicted molar refractivity (Wildman–Crippen MR) is 64.8 cm³/mol. The lowest BCUT2D eigenvalue weighted by Gasteiger charge is -2.15. The first kappa shape index (κ1) is 9.21. The van der Waals surface area contributed by atoms with Gasteiger partial charge in [0.1, 0.15) is 0 Å². The van der Waals surface area contributed by atoms with Crippen molar-refractivity contribution < 1.29 is 0 Å². The maximum Gasteiger partial charge on any atom is 0.0131 e. The normalized spacial score (nSPS) is 19.2. The molecule has 0 spiro atoms. The van der Waals surface area contributed by atoms with E-state index in [0.29, 0.717) is 0 Å². The minimum absolute atomic E-state index is 1.29. The smallest absolute Gasteiger partial charge is 0.0131 e. The lowest BCUT2D eigenvalue weighted by Crippen LogP contribution is -2.01. The van der Waals surface area contributed by atoms with Gasteiger partial charge in [0.25, 0.3) is 0 Å². The maximum absolute atomic E-state index is 2.41. The Morgan fingerprint density at radius 1 is 0.733 bits per heavy atom. The summed E-state index contributed by atoms with van der Waals surface area (Å²) in [4.78, 5) is 0. The lowest BCUT2D eigenvalue weighted by atomic mass is 9.90. The van der Waals surface area contributed by atoms with Crippen LogP contribution in [0.4, 0.5) is 0 Å². The van der Waals surface area contributed by atoms with Gasteiger partial charge in [0, 0.05) is 6.42 Å². The van der Waals surface area contributed by atoms with Crippen molar-refractivity contribution in [2.45, 2.75) is 38.5 Å². The number of hydrogen-bond acceptors (Lipinski definition) is 0. The fraction of sp³-hybridized carbons (Fsp3) is 0.400. The van der Waals surface area contributed by atoms with Crippen molar-refractivity contribution in [1.29, 1.82) is 0 Å². The summed E-state index contributed by atoms with van der Waals surface area (Å²) in [5.41, 5.74) is 6.06. The van der Waals surface area contributed by atoms with Crippen molar-refractivity contribution in [3.63, 3.8) is 0 Å². The third kappa shape index (κ3) is 1.73. The summed E-state index contributed by atoms with van der Waals surface area (Å²) in [5, 5.41) is 0. The van der Waals surface area contributed by atoms with Crippen molar-refractivity contribution in [1.82, 2.24) is 0 Å². The molecule has 0 bridgehead atoms. The molecule has 0 N–H and O–H groups in total. The Bertz CT molecular complexity index is 399. The van der Waals surface area contributed by atoms with Crippen LogP contribution >= 0.6 is 0 Å². The summed E-state index contributed by atoms with van der Waals surface area (Å²) in [5.74, 6) is 0. The molecule has 0 amide bonds. The van der Waals surface area contributed by atoms with Gasteiger partial charge in [0.2, 0.25) is 0 Å². The Morgan fingerprint density at radius 3 is 2.13 bits per heavy atom. The van der Waals surface area contributed by atoms with Gasteiger partial charge in [-0.1, -0.05) is 37.1 Å². The van der Waals surface area contributed by atoms with Crippen molar-refractivity contribution in [2.24, 2.45) is 0 Å². The number of hydrogen-bond donors (Lipinski definition) is 0. The zero-order valence-electron chi connectivity index (χ0n) is 9.13. The third-order valence-corrected chi connectivity index (χ3v) is 3.60. The number of rotatable bonds is 0. The predicted octanol–water partition coefficient (Wildman–Crippen LogP) is 3.92. The van der Waals surface area contributed by atoms with Crippen LogP contribution in [-0.4, -0.2) is 0 Å². The number of benzene rings is 1. The number of allylic oxidation sites excluding steroid dienone is 1. The number of aryl methyl sites for hydroxylation is 2. The molecule has 0 heteroatoms. The van der Waals surface area contributed by atoms with Crippen LogP contribution in [0, 0.1) is 6.42 Å². The molecule has 0 unspecified atom stereocenters. The Kier molecular flexibility index (Phi) is 2.36. The monoisotopic (exact) mass is 197 g/mol. The zero-order chi connectivity index (χ0) is 10.1. The second kappa shape index (κ2) is 3.84. The Hall–Kier alpha value is -1.04. The molecule has 0 aromatic heterocycles. The van der Waals surface area contributed by atoms with Gasteiger partial charge in [-0.25, -0.2) is 0 Å². The van der Waals surface area contributed by atoms with E-state index < -0.39 is 0 Å². The van der Waals surface area contributed by atoms with Crippen molar-refractivity contribution in [2.75, 3.05) is 0 Å². The van der Waals surface area contributed by atoms with Crippen molar-refractivity contribution >= 4 is 6.08 Å². The van der Waals surface area contributed by atoms with Crippen LogP contribution in [0.5, 0.6) is 0 Å². The molecule has 0 aliphatic heterocycles. The highest BCUT2D eigenvalue weighted by Crippen LogP contribution is 2.28. The summed E-state index contributed by atoms with van der Waals surface area (Å²) in [7, 11) is 0. The molecule has 1 radical (unpaired) electrons. The average molecular weight is 197 g/mol. The van der Waals surface area contributed by atoms with E-state index >= 15 is 0 Å². The summed E-state index contributed by atoms with van der Waals surface area (Å²) >= 11 is 0. The molecule has 1 aromatic carbocycles. The average Bonchev–Trinajstić information content (AvgIpc) is 2.64. The van der Waals surface area contributed by atoms with Gasteiger partial charge in [-0.2, -0.15) is 0 Å². The van der Waals surface area contributed by atoms with E-state index in [0.717, 1.165) is 0 Å². The summed E-state index contributed by atoms with van der Waals surface area (Å²) in [6, 6.07) is 4.83. The minimum atomic E-state index is 1.29. The first-order valence-corrected chi connectivity index (χ1v) is 6.11. The highest BCUT2D eigenvalue weighted by atomic mass is 14.2. The van der Waals surface area contributed by atoms with Crippen molar-refractivity contribution in [3.8, 4) is 0 Å². The molecule has 0 fully saturated rings. The molecule has 15 heavy (non-hydrogen) atoms. The van der Waals surface area contributed by atoms with E-state index in [1.54, 1.807) is 11.1 Å². The van der Waals surface area contributed by atoms with Gasteiger partial charge in [-0.15, -0.1) is 0 Å². The lowest BCUT2D eigenvalue weighted by molar-refractivity contribution is 0.617. The number of fused-ring (bicyclic) bond motifs is 2. The van der Waals surface area contributed by atoms with E-state index in [4.69, 9.17) is 0 Å². The van der Waals surface area contributed by atoms with Crippen LogP contribution in [0.3, 0.4) is 0 Å². The van der Waals surface area contributed by atoms with Crippen LogP contribution in [0.15, 0.2) is 18.2 Å². The maximum atomic E-state index is 2.41. The quantitative estimate of drug-likeness (QED) is 0.591. The topological polar surface area (TPSA) is 0 Å². The SMILES string of the molecule is [CH]1C=Cc2cc3c(cc21)CCCCCC3. The molecule has 0 heterocycles. The molecule has 0 saturated heterocycles. The van der Waals surface area contributed by atoms with Gasteiger partial charge < -0.3 is 0 Å². The highest BCUT2D eigenvalue weighted by molar-refractivity contribution is 5.66.